The van der Waals surface area contributed by atoms with Gasteiger partial charge in [0.1, 0.15) is 11.5 Å². The topological polar surface area (TPSA) is 41.5 Å². The zero-order chi connectivity index (χ0) is 12.3. The SMILES string of the molecule is CC(C)Oc1cccc(O)c1CC1CCCN1. The summed E-state index contributed by atoms with van der Waals surface area (Å²) in [4.78, 5) is 0. The molecule has 1 fully saturated rings. The van der Waals surface area contributed by atoms with Gasteiger partial charge in [-0.25, -0.2) is 0 Å². The molecule has 3 heteroatoms. The summed E-state index contributed by atoms with van der Waals surface area (Å²) in [6.07, 6.45) is 3.37. The van der Waals surface area contributed by atoms with Crippen molar-refractivity contribution in [2.24, 2.45) is 0 Å². The van der Waals surface area contributed by atoms with Gasteiger partial charge in [0.2, 0.25) is 0 Å². The summed E-state index contributed by atoms with van der Waals surface area (Å²) < 4.78 is 5.75. The number of phenolic OH excluding ortho intramolecular Hbond substituents is 1. The first-order chi connectivity index (χ1) is 8.16. The predicted molar refractivity (Wildman–Crippen MR) is 68.6 cm³/mol. The molecular formula is C14H21NO2. The molecule has 0 aliphatic carbocycles. The molecule has 2 N–H and O–H groups in total. The van der Waals surface area contributed by atoms with E-state index in [0.717, 1.165) is 24.3 Å². The summed E-state index contributed by atoms with van der Waals surface area (Å²) in [6.45, 7) is 5.09. The minimum absolute atomic E-state index is 0.132. The third kappa shape index (κ3) is 3.13. The summed E-state index contributed by atoms with van der Waals surface area (Å²) in [6, 6.07) is 5.97. The predicted octanol–water partition coefficient (Wildman–Crippen LogP) is 2.47. The minimum Gasteiger partial charge on any atom is -0.508 e. The lowest BCUT2D eigenvalue weighted by Gasteiger charge is -2.18. The fourth-order valence-electron chi connectivity index (χ4n) is 2.30. The number of rotatable bonds is 4. The van der Waals surface area contributed by atoms with Crippen molar-refractivity contribution >= 4 is 0 Å². The highest BCUT2D eigenvalue weighted by Crippen LogP contribution is 2.30. The number of hydrogen-bond acceptors (Lipinski definition) is 3. The van der Waals surface area contributed by atoms with Crippen molar-refractivity contribution in [2.45, 2.75) is 45.3 Å². The second kappa shape index (κ2) is 5.41. The van der Waals surface area contributed by atoms with Gasteiger partial charge in [0.05, 0.1) is 6.10 Å². The van der Waals surface area contributed by atoms with Gasteiger partial charge in [0, 0.05) is 11.6 Å². The molecule has 0 bridgehead atoms. The number of benzene rings is 1. The van der Waals surface area contributed by atoms with E-state index in [2.05, 4.69) is 5.32 Å². The highest BCUT2D eigenvalue weighted by Gasteiger charge is 2.19. The monoisotopic (exact) mass is 235 g/mol. The van der Waals surface area contributed by atoms with Gasteiger partial charge in [-0.1, -0.05) is 6.07 Å². The Morgan fingerprint density at radius 3 is 2.94 bits per heavy atom. The Morgan fingerprint density at radius 2 is 2.29 bits per heavy atom. The molecule has 94 valence electrons. The van der Waals surface area contributed by atoms with Gasteiger partial charge in [-0.3, -0.25) is 0 Å². The molecule has 1 unspecified atom stereocenters. The van der Waals surface area contributed by atoms with Crippen LogP contribution in [0.2, 0.25) is 0 Å². The molecule has 1 heterocycles. The van der Waals surface area contributed by atoms with E-state index in [-0.39, 0.29) is 6.10 Å². The molecule has 0 radical (unpaired) electrons. The molecule has 0 amide bonds. The maximum Gasteiger partial charge on any atom is 0.126 e. The first-order valence-electron chi connectivity index (χ1n) is 6.37. The first-order valence-corrected chi connectivity index (χ1v) is 6.37. The molecule has 0 saturated carbocycles. The van der Waals surface area contributed by atoms with Crippen LogP contribution < -0.4 is 10.1 Å². The van der Waals surface area contributed by atoms with Crippen LogP contribution in [0.1, 0.15) is 32.3 Å². The van der Waals surface area contributed by atoms with Crippen LogP contribution in [0.4, 0.5) is 0 Å². The average Bonchev–Trinajstić information content (AvgIpc) is 2.75. The molecule has 2 rings (SSSR count). The summed E-state index contributed by atoms with van der Waals surface area (Å²) in [5, 5.41) is 13.4. The molecule has 1 atom stereocenters. The van der Waals surface area contributed by atoms with Gasteiger partial charge in [0.15, 0.2) is 0 Å². The number of aromatic hydroxyl groups is 1. The van der Waals surface area contributed by atoms with Crippen molar-refractivity contribution in [2.75, 3.05) is 6.54 Å². The van der Waals surface area contributed by atoms with Gasteiger partial charge < -0.3 is 15.2 Å². The number of ether oxygens (including phenoxy) is 1. The third-order valence-electron chi connectivity index (χ3n) is 3.08. The highest BCUT2D eigenvalue weighted by molar-refractivity contribution is 5.44. The maximum atomic E-state index is 9.96. The summed E-state index contributed by atoms with van der Waals surface area (Å²) >= 11 is 0. The van der Waals surface area contributed by atoms with Gasteiger partial charge in [0.25, 0.3) is 0 Å². The molecule has 17 heavy (non-hydrogen) atoms. The van der Waals surface area contributed by atoms with E-state index < -0.39 is 0 Å². The van der Waals surface area contributed by atoms with Crippen LogP contribution in [0.3, 0.4) is 0 Å². The van der Waals surface area contributed by atoms with Crippen molar-refractivity contribution in [1.29, 1.82) is 0 Å². The molecule has 1 aromatic rings. The molecule has 0 aromatic heterocycles. The molecule has 1 aliphatic heterocycles. The van der Waals surface area contributed by atoms with E-state index in [4.69, 9.17) is 4.74 Å². The van der Waals surface area contributed by atoms with Crippen molar-refractivity contribution in [1.82, 2.24) is 5.32 Å². The lowest BCUT2D eigenvalue weighted by Crippen LogP contribution is -2.24. The maximum absolute atomic E-state index is 9.96. The van der Waals surface area contributed by atoms with Gasteiger partial charge in [-0.05, 0) is 51.8 Å². The van der Waals surface area contributed by atoms with E-state index in [0.29, 0.717) is 11.8 Å². The van der Waals surface area contributed by atoms with Crippen molar-refractivity contribution < 1.29 is 9.84 Å². The van der Waals surface area contributed by atoms with Crippen molar-refractivity contribution in [3.8, 4) is 11.5 Å². The smallest absolute Gasteiger partial charge is 0.126 e. The van der Waals surface area contributed by atoms with Gasteiger partial charge in [-0.15, -0.1) is 0 Å². The number of nitrogens with one attached hydrogen (secondary N) is 1. The second-order valence-electron chi connectivity index (χ2n) is 4.92. The summed E-state index contributed by atoms with van der Waals surface area (Å²) in [5.41, 5.74) is 0.931. The largest absolute Gasteiger partial charge is 0.508 e. The summed E-state index contributed by atoms with van der Waals surface area (Å²) in [7, 11) is 0. The van der Waals surface area contributed by atoms with Crippen LogP contribution in [0.25, 0.3) is 0 Å². The van der Waals surface area contributed by atoms with Crippen LogP contribution in [0.5, 0.6) is 11.5 Å². The Hall–Kier alpha value is -1.22. The summed E-state index contributed by atoms with van der Waals surface area (Å²) in [5.74, 6) is 1.16. The Kier molecular flexibility index (Phi) is 3.89. The fourth-order valence-corrected chi connectivity index (χ4v) is 2.30. The van der Waals surface area contributed by atoms with Crippen LogP contribution >= 0.6 is 0 Å². The fraction of sp³-hybridized carbons (Fsp3) is 0.571. The second-order valence-corrected chi connectivity index (χ2v) is 4.92. The normalized spacial score (nSPS) is 19.8. The molecule has 1 aliphatic rings. The van der Waals surface area contributed by atoms with E-state index >= 15 is 0 Å². The molecular weight excluding hydrogens is 214 g/mol. The molecule has 1 aromatic carbocycles. The Bertz CT molecular complexity index is 370. The first kappa shape index (κ1) is 12.2. The molecule has 1 saturated heterocycles. The Morgan fingerprint density at radius 1 is 1.47 bits per heavy atom. The standard InChI is InChI=1S/C14H21NO2/c1-10(2)17-14-7-3-6-13(16)12(14)9-11-5-4-8-15-11/h3,6-7,10-11,15-16H,4-5,8-9H2,1-2H3. The van der Waals surface area contributed by atoms with Gasteiger partial charge >= 0.3 is 0 Å². The highest BCUT2D eigenvalue weighted by atomic mass is 16.5. The van der Waals surface area contributed by atoms with E-state index in [1.807, 2.05) is 26.0 Å². The zero-order valence-electron chi connectivity index (χ0n) is 10.6. The van der Waals surface area contributed by atoms with E-state index in [9.17, 15) is 5.11 Å². The Labute approximate surface area is 103 Å². The van der Waals surface area contributed by atoms with Gasteiger partial charge in [-0.2, -0.15) is 0 Å². The number of hydrogen-bond donors (Lipinski definition) is 2. The van der Waals surface area contributed by atoms with Crippen LogP contribution in [0, 0.1) is 0 Å². The zero-order valence-corrected chi connectivity index (χ0v) is 10.6. The molecule has 0 spiro atoms. The van der Waals surface area contributed by atoms with Crippen LogP contribution in [-0.4, -0.2) is 23.8 Å². The third-order valence-corrected chi connectivity index (χ3v) is 3.08. The van der Waals surface area contributed by atoms with Crippen molar-refractivity contribution in [3.05, 3.63) is 23.8 Å². The minimum atomic E-state index is 0.132. The quantitative estimate of drug-likeness (QED) is 0.842. The van der Waals surface area contributed by atoms with Crippen LogP contribution in [-0.2, 0) is 6.42 Å². The van der Waals surface area contributed by atoms with Crippen molar-refractivity contribution in [3.63, 3.8) is 0 Å². The number of phenols is 1. The molecule has 3 nitrogen and oxygen atoms in total. The van der Waals surface area contributed by atoms with E-state index in [1.54, 1.807) is 6.07 Å². The lowest BCUT2D eigenvalue weighted by atomic mass is 10.0. The lowest BCUT2D eigenvalue weighted by molar-refractivity contribution is 0.238. The Balaban J connectivity index is 2.17. The van der Waals surface area contributed by atoms with E-state index in [1.165, 1.54) is 12.8 Å². The van der Waals surface area contributed by atoms with Crippen LogP contribution in [0.15, 0.2) is 18.2 Å². The average molecular weight is 235 g/mol.